The molecule has 0 aromatic heterocycles. The molecule has 92 valence electrons. The zero-order chi connectivity index (χ0) is 11.7. The smallest absolute Gasteiger partial charge is 0.160 e. The van der Waals surface area contributed by atoms with Crippen LogP contribution in [0.1, 0.15) is 25.3 Å². The van der Waals surface area contributed by atoms with E-state index in [0.29, 0.717) is 5.92 Å². The monoisotopic (exact) mass is 232 g/mol. The minimum absolute atomic E-state index is 0.0532. The van der Waals surface area contributed by atoms with Gasteiger partial charge in [-0.15, -0.1) is 0 Å². The van der Waals surface area contributed by atoms with E-state index >= 15 is 0 Å². The molecule has 0 aliphatic carbocycles. The van der Waals surface area contributed by atoms with Crippen LogP contribution in [0.3, 0.4) is 0 Å². The van der Waals surface area contributed by atoms with Crippen molar-refractivity contribution in [3.05, 3.63) is 35.9 Å². The molecule has 1 aromatic rings. The summed E-state index contributed by atoms with van der Waals surface area (Å²) in [5, 5.41) is 0. The SMILES string of the molecule is CC1(Cc2ccccc2)COC2OCCCC21. The van der Waals surface area contributed by atoms with Crippen LogP contribution in [-0.2, 0) is 15.9 Å². The molecule has 3 unspecified atom stereocenters. The van der Waals surface area contributed by atoms with Gasteiger partial charge < -0.3 is 9.47 Å². The molecule has 1 aromatic carbocycles. The van der Waals surface area contributed by atoms with E-state index in [4.69, 9.17) is 9.47 Å². The highest BCUT2D eigenvalue weighted by Crippen LogP contribution is 2.45. The zero-order valence-electron chi connectivity index (χ0n) is 10.4. The minimum Gasteiger partial charge on any atom is -0.352 e. The van der Waals surface area contributed by atoms with E-state index in [9.17, 15) is 0 Å². The van der Waals surface area contributed by atoms with Gasteiger partial charge in [-0.2, -0.15) is 0 Å². The van der Waals surface area contributed by atoms with Crippen LogP contribution in [0.4, 0.5) is 0 Å². The molecule has 0 bridgehead atoms. The standard InChI is InChI=1S/C15H20O2/c1-15(10-12-6-3-2-4-7-12)11-17-14-13(15)8-5-9-16-14/h2-4,6-7,13-14H,5,8-11H2,1H3. The van der Waals surface area contributed by atoms with E-state index in [-0.39, 0.29) is 11.7 Å². The Labute approximate surface area is 103 Å². The molecule has 2 nitrogen and oxygen atoms in total. The van der Waals surface area contributed by atoms with Crippen molar-refractivity contribution >= 4 is 0 Å². The summed E-state index contributed by atoms with van der Waals surface area (Å²) in [6.45, 7) is 4.04. The molecule has 0 radical (unpaired) electrons. The summed E-state index contributed by atoms with van der Waals surface area (Å²) in [5.41, 5.74) is 1.65. The lowest BCUT2D eigenvalue weighted by Crippen LogP contribution is -2.35. The molecule has 0 N–H and O–H groups in total. The van der Waals surface area contributed by atoms with Gasteiger partial charge in [0.2, 0.25) is 0 Å². The molecule has 0 spiro atoms. The Bertz CT molecular complexity index is 376. The maximum Gasteiger partial charge on any atom is 0.160 e. The molecule has 3 rings (SSSR count). The molecule has 3 atom stereocenters. The summed E-state index contributed by atoms with van der Waals surface area (Å²) < 4.78 is 11.5. The van der Waals surface area contributed by atoms with Crippen molar-refractivity contribution in [2.45, 2.75) is 32.5 Å². The topological polar surface area (TPSA) is 18.5 Å². The number of ether oxygens (including phenoxy) is 2. The predicted molar refractivity (Wildman–Crippen MR) is 66.7 cm³/mol. The lowest BCUT2D eigenvalue weighted by Gasteiger charge is -2.34. The molecule has 2 heterocycles. The quantitative estimate of drug-likeness (QED) is 0.780. The fraction of sp³-hybridized carbons (Fsp3) is 0.600. The van der Waals surface area contributed by atoms with Crippen molar-refractivity contribution in [1.82, 2.24) is 0 Å². The summed E-state index contributed by atoms with van der Waals surface area (Å²) >= 11 is 0. The Morgan fingerprint density at radius 1 is 1.24 bits per heavy atom. The summed E-state index contributed by atoms with van der Waals surface area (Å²) in [4.78, 5) is 0. The fourth-order valence-corrected chi connectivity index (χ4v) is 3.22. The lowest BCUT2D eigenvalue weighted by molar-refractivity contribution is -0.152. The number of fused-ring (bicyclic) bond motifs is 1. The third-order valence-electron chi connectivity index (χ3n) is 4.19. The van der Waals surface area contributed by atoms with Crippen LogP contribution >= 0.6 is 0 Å². The molecule has 17 heavy (non-hydrogen) atoms. The van der Waals surface area contributed by atoms with E-state index in [1.54, 1.807) is 0 Å². The van der Waals surface area contributed by atoms with Gasteiger partial charge in [-0.1, -0.05) is 37.3 Å². The maximum atomic E-state index is 5.82. The Hall–Kier alpha value is -0.860. The fourth-order valence-electron chi connectivity index (χ4n) is 3.22. The summed E-state index contributed by atoms with van der Waals surface area (Å²) in [6, 6.07) is 10.7. The molecule has 2 aliphatic heterocycles. The molecule has 0 saturated carbocycles. The predicted octanol–water partition coefficient (Wildman–Crippen LogP) is 3.02. The first-order valence-corrected chi connectivity index (χ1v) is 6.55. The van der Waals surface area contributed by atoms with Gasteiger partial charge in [-0.25, -0.2) is 0 Å². The summed E-state index contributed by atoms with van der Waals surface area (Å²) in [7, 11) is 0. The third kappa shape index (κ3) is 2.12. The summed E-state index contributed by atoms with van der Waals surface area (Å²) in [6.07, 6.45) is 3.57. The van der Waals surface area contributed by atoms with Crippen LogP contribution in [0.2, 0.25) is 0 Å². The normalized spacial score (nSPS) is 36.8. The van der Waals surface area contributed by atoms with E-state index in [0.717, 1.165) is 19.6 Å². The largest absolute Gasteiger partial charge is 0.352 e. The van der Waals surface area contributed by atoms with Crippen LogP contribution in [-0.4, -0.2) is 19.5 Å². The van der Waals surface area contributed by atoms with Crippen molar-refractivity contribution in [2.24, 2.45) is 11.3 Å². The average Bonchev–Trinajstić information content (AvgIpc) is 2.69. The Kier molecular flexibility index (Phi) is 2.93. The lowest BCUT2D eigenvalue weighted by atomic mass is 9.72. The van der Waals surface area contributed by atoms with Gasteiger partial charge in [0.15, 0.2) is 6.29 Å². The minimum atomic E-state index is 0.0532. The van der Waals surface area contributed by atoms with Crippen molar-refractivity contribution < 1.29 is 9.47 Å². The highest BCUT2D eigenvalue weighted by atomic mass is 16.7. The number of rotatable bonds is 2. The van der Waals surface area contributed by atoms with Gasteiger partial charge in [0, 0.05) is 17.9 Å². The first-order chi connectivity index (χ1) is 8.28. The van der Waals surface area contributed by atoms with Crippen LogP contribution < -0.4 is 0 Å². The van der Waals surface area contributed by atoms with E-state index in [1.807, 2.05) is 0 Å². The highest BCUT2D eigenvalue weighted by Gasteiger charge is 2.47. The third-order valence-corrected chi connectivity index (χ3v) is 4.19. The van der Waals surface area contributed by atoms with Gasteiger partial charge in [0.1, 0.15) is 0 Å². The van der Waals surface area contributed by atoms with Gasteiger partial charge in [0.25, 0.3) is 0 Å². The Balaban J connectivity index is 1.77. The molecule has 0 amide bonds. The second-order valence-corrected chi connectivity index (χ2v) is 5.62. The van der Waals surface area contributed by atoms with Crippen LogP contribution in [0, 0.1) is 11.3 Å². The number of hydrogen-bond donors (Lipinski definition) is 0. The Morgan fingerprint density at radius 2 is 2.06 bits per heavy atom. The van der Waals surface area contributed by atoms with Crippen molar-refractivity contribution in [3.8, 4) is 0 Å². The highest BCUT2D eigenvalue weighted by molar-refractivity contribution is 5.17. The molecule has 2 fully saturated rings. The second kappa shape index (κ2) is 4.43. The molecular weight excluding hydrogens is 212 g/mol. The average molecular weight is 232 g/mol. The number of benzene rings is 1. The maximum absolute atomic E-state index is 5.82. The number of hydrogen-bond acceptors (Lipinski definition) is 2. The molecule has 2 saturated heterocycles. The van der Waals surface area contributed by atoms with Crippen LogP contribution in [0.5, 0.6) is 0 Å². The van der Waals surface area contributed by atoms with E-state index in [1.165, 1.54) is 18.4 Å². The zero-order valence-corrected chi connectivity index (χ0v) is 10.4. The van der Waals surface area contributed by atoms with E-state index < -0.39 is 0 Å². The first kappa shape index (κ1) is 11.2. The van der Waals surface area contributed by atoms with Gasteiger partial charge >= 0.3 is 0 Å². The van der Waals surface area contributed by atoms with Crippen LogP contribution in [0.25, 0.3) is 0 Å². The van der Waals surface area contributed by atoms with Gasteiger partial charge in [0.05, 0.1) is 6.61 Å². The van der Waals surface area contributed by atoms with E-state index in [2.05, 4.69) is 37.3 Å². The molecular formula is C15H20O2. The molecule has 2 heteroatoms. The second-order valence-electron chi connectivity index (χ2n) is 5.62. The first-order valence-electron chi connectivity index (χ1n) is 6.55. The Morgan fingerprint density at radius 3 is 2.88 bits per heavy atom. The van der Waals surface area contributed by atoms with Crippen molar-refractivity contribution in [3.63, 3.8) is 0 Å². The van der Waals surface area contributed by atoms with Crippen molar-refractivity contribution in [2.75, 3.05) is 13.2 Å². The summed E-state index contributed by atoms with van der Waals surface area (Å²) in [5.74, 6) is 0.566. The molecule has 2 aliphatic rings. The van der Waals surface area contributed by atoms with Gasteiger partial charge in [-0.3, -0.25) is 0 Å². The van der Waals surface area contributed by atoms with Crippen molar-refractivity contribution in [1.29, 1.82) is 0 Å². The van der Waals surface area contributed by atoms with Gasteiger partial charge in [-0.05, 0) is 24.8 Å². The van der Waals surface area contributed by atoms with Crippen LogP contribution in [0.15, 0.2) is 30.3 Å².